The van der Waals surface area contributed by atoms with Crippen molar-refractivity contribution in [2.75, 3.05) is 37.5 Å². The Balaban J connectivity index is 1.69. The maximum atomic E-state index is 12.6. The molecule has 0 spiro atoms. The molecule has 8 nitrogen and oxygen atoms in total. The number of methoxy groups -OCH3 is 1. The average molecular weight is 397 g/mol. The number of nitrogens with one attached hydrogen (secondary N) is 2. The van der Waals surface area contributed by atoms with Gasteiger partial charge in [0, 0.05) is 25.9 Å². The minimum Gasteiger partial charge on any atom is -0.492 e. The van der Waals surface area contributed by atoms with Gasteiger partial charge in [0.25, 0.3) is 11.8 Å². The topological polar surface area (TPSA) is 97.0 Å². The molecule has 29 heavy (non-hydrogen) atoms. The van der Waals surface area contributed by atoms with Crippen LogP contribution in [0.2, 0.25) is 0 Å². The first-order valence-corrected chi connectivity index (χ1v) is 9.34. The summed E-state index contributed by atoms with van der Waals surface area (Å²) in [4.78, 5) is 38.6. The highest BCUT2D eigenvalue weighted by atomic mass is 16.5. The van der Waals surface area contributed by atoms with Gasteiger partial charge < -0.3 is 20.1 Å². The number of imide groups is 1. The molecule has 0 atom stereocenters. The van der Waals surface area contributed by atoms with Gasteiger partial charge in [-0.25, -0.2) is 4.79 Å². The number of rotatable bonds is 8. The van der Waals surface area contributed by atoms with Crippen molar-refractivity contribution >= 4 is 29.2 Å². The highest BCUT2D eigenvalue weighted by molar-refractivity contribution is 6.22. The van der Waals surface area contributed by atoms with E-state index in [1.807, 2.05) is 13.0 Å². The van der Waals surface area contributed by atoms with E-state index in [0.29, 0.717) is 42.3 Å². The van der Waals surface area contributed by atoms with Crippen molar-refractivity contribution in [1.29, 1.82) is 0 Å². The Bertz CT molecular complexity index is 928. The summed E-state index contributed by atoms with van der Waals surface area (Å²) < 4.78 is 10.5. The largest absolute Gasteiger partial charge is 0.492 e. The predicted molar refractivity (Wildman–Crippen MR) is 109 cm³/mol. The number of para-hydroxylation sites is 2. The Morgan fingerprint density at radius 2 is 1.79 bits per heavy atom. The summed E-state index contributed by atoms with van der Waals surface area (Å²) in [5, 5.41) is 5.41. The van der Waals surface area contributed by atoms with E-state index in [2.05, 4.69) is 10.6 Å². The average Bonchev–Trinajstić information content (AvgIpc) is 2.94. The lowest BCUT2D eigenvalue weighted by Gasteiger charge is -2.13. The standard InChI is InChI=1S/C21H23N3O5/c1-3-29-18-8-5-4-7-17(18)23-21(27)22-14-9-10-15-16(13-14)20(26)24(19(15)25)11-6-12-28-2/h4-5,7-10,13H,3,6,11-12H2,1-2H3,(H2,22,23,27). The van der Waals surface area contributed by atoms with E-state index in [1.54, 1.807) is 37.4 Å². The normalized spacial score (nSPS) is 12.7. The highest BCUT2D eigenvalue weighted by Crippen LogP contribution is 2.27. The van der Waals surface area contributed by atoms with E-state index >= 15 is 0 Å². The number of amides is 4. The van der Waals surface area contributed by atoms with E-state index in [-0.39, 0.29) is 23.9 Å². The van der Waals surface area contributed by atoms with Gasteiger partial charge in [0.1, 0.15) is 5.75 Å². The lowest BCUT2D eigenvalue weighted by Crippen LogP contribution is -2.31. The van der Waals surface area contributed by atoms with Crippen molar-refractivity contribution in [3.63, 3.8) is 0 Å². The first-order chi connectivity index (χ1) is 14.0. The van der Waals surface area contributed by atoms with Crippen LogP contribution in [0.15, 0.2) is 42.5 Å². The summed E-state index contributed by atoms with van der Waals surface area (Å²) in [6, 6.07) is 11.3. The Kier molecular flexibility index (Phi) is 6.46. The number of urea groups is 1. The molecule has 2 aromatic carbocycles. The number of nitrogens with zero attached hydrogens (tertiary/aromatic N) is 1. The zero-order chi connectivity index (χ0) is 20.8. The third-order valence-corrected chi connectivity index (χ3v) is 4.39. The number of carbonyl (C=O) groups is 3. The van der Waals surface area contributed by atoms with Gasteiger partial charge in [-0.05, 0) is 43.7 Å². The molecule has 0 fully saturated rings. The second kappa shape index (κ2) is 9.20. The third-order valence-electron chi connectivity index (χ3n) is 4.39. The fourth-order valence-electron chi connectivity index (χ4n) is 3.07. The van der Waals surface area contributed by atoms with Crippen LogP contribution in [-0.4, -0.2) is 49.6 Å². The van der Waals surface area contributed by atoms with Gasteiger partial charge in [-0.15, -0.1) is 0 Å². The summed E-state index contributed by atoms with van der Waals surface area (Å²) in [5.74, 6) is -0.138. The third kappa shape index (κ3) is 4.55. The van der Waals surface area contributed by atoms with Crippen molar-refractivity contribution in [3.8, 4) is 5.75 Å². The van der Waals surface area contributed by atoms with Gasteiger partial charge in [0.05, 0.1) is 23.4 Å². The Hall–Kier alpha value is -3.39. The van der Waals surface area contributed by atoms with Gasteiger partial charge in [0.2, 0.25) is 0 Å². The molecule has 0 aromatic heterocycles. The van der Waals surface area contributed by atoms with Gasteiger partial charge in [-0.3, -0.25) is 14.5 Å². The van der Waals surface area contributed by atoms with E-state index < -0.39 is 6.03 Å². The minimum absolute atomic E-state index is 0.278. The van der Waals surface area contributed by atoms with Crippen molar-refractivity contribution in [1.82, 2.24) is 4.90 Å². The zero-order valence-corrected chi connectivity index (χ0v) is 16.4. The van der Waals surface area contributed by atoms with E-state index in [4.69, 9.17) is 9.47 Å². The molecule has 0 unspecified atom stereocenters. The van der Waals surface area contributed by atoms with Crippen LogP contribution in [0.3, 0.4) is 0 Å². The fraction of sp³-hybridized carbons (Fsp3) is 0.286. The zero-order valence-electron chi connectivity index (χ0n) is 16.4. The molecular weight excluding hydrogens is 374 g/mol. The quantitative estimate of drug-likeness (QED) is 0.526. The van der Waals surface area contributed by atoms with Crippen molar-refractivity contribution in [2.24, 2.45) is 0 Å². The molecule has 8 heteroatoms. The van der Waals surface area contributed by atoms with Gasteiger partial charge >= 0.3 is 6.03 Å². The molecule has 3 rings (SSSR count). The molecule has 1 aliphatic rings. The van der Waals surface area contributed by atoms with Crippen LogP contribution in [0, 0.1) is 0 Å². The minimum atomic E-state index is -0.481. The van der Waals surface area contributed by atoms with Crippen LogP contribution in [0.25, 0.3) is 0 Å². The first kappa shape index (κ1) is 20.3. The smallest absolute Gasteiger partial charge is 0.323 e. The second-order valence-electron chi connectivity index (χ2n) is 6.38. The number of benzene rings is 2. The maximum Gasteiger partial charge on any atom is 0.323 e. The van der Waals surface area contributed by atoms with Crippen molar-refractivity contribution in [3.05, 3.63) is 53.6 Å². The van der Waals surface area contributed by atoms with Crippen LogP contribution in [0.1, 0.15) is 34.1 Å². The Labute approximate surface area is 168 Å². The molecule has 4 amide bonds. The summed E-state index contributed by atoms with van der Waals surface area (Å²) in [5.41, 5.74) is 1.55. The molecule has 152 valence electrons. The summed E-state index contributed by atoms with van der Waals surface area (Å²) >= 11 is 0. The number of hydrogen-bond donors (Lipinski definition) is 2. The van der Waals surface area contributed by atoms with E-state index in [0.717, 1.165) is 0 Å². The maximum absolute atomic E-state index is 12.6. The number of fused-ring (bicyclic) bond motifs is 1. The predicted octanol–water partition coefficient (Wildman–Crippen LogP) is 3.36. The summed E-state index contributed by atoms with van der Waals surface area (Å²) in [6.45, 7) is 3.08. The molecule has 0 radical (unpaired) electrons. The Morgan fingerprint density at radius 3 is 2.55 bits per heavy atom. The van der Waals surface area contributed by atoms with Gasteiger partial charge in [0.15, 0.2) is 0 Å². The van der Waals surface area contributed by atoms with Crippen LogP contribution in [0.4, 0.5) is 16.2 Å². The molecule has 1 aliphatic heterocycles. The molecule has 0 saturated heterocycles. The molecule has 2 N–H and O–H groups in total. The fourth-order valence-corrected chi connectivity index (χ4v) is 3.07. The van der Waals surface area contributed by atoms with Crippen LogP contribution in [0.5, 0.6) is 5.75 Å². The van der Waals surface area contributed by atoms with Gasteiger partial charge in [-0.2, -0.15) is 0 Å². The molecular formula is C21H23N3O5. The van der Waals surface area contributed by atoms with E-state index in [9.17, 15) is 14.4 Å². The van der Waals surface area contributed by atoms with Gasteiger partial charge in [-0.1, -0.05) is 12.1 Å². The number of ether oxygens (including phenoxy) is 2. The van der Waals surface area contributed by atoms with Crippen LogP contribution < -0.4 is 15.4 Å². The highest BCUT2D eigenvalue weighted by Gasteiger charge is 2.35. The molecule has 0 aliphatic carbocycles. The summed E-state index contributed by atoms with van der Waals surface area (Å²) in [7, 11) is 1.57. The van der Waals surface area contributed by atoms with E-state index in [1.165, 1.54) is 11.0 Å². The lowest BCUT2D eigenvalue weighted by atomic mass is 10.1. The lowest BCUT2D eigenvalue weighted by molar-refractivity contribution is 0.0638. The van der Waals surface area contributed by atoms with Crippen LogP contribution in [-0.2, 0) is 4.74 Å². The molecule has 0 bridgehead atoms. The second-order valence-corrected chi connectivity index (χ2v) is 6.38. The summed E-state index contributed by atoms with van der Waals surface area (Å²) in [6.07, 6.45) is 0.564. The van der Waals surface area contributed by atoms with Crippen molar-refractivity contribution in [2.45, 2.75) is 13.3 Å². The Morgan fingerprint density at radius 1 is 1.03 bits per heavy atom. The number of hydrogen-bond acceptors (Lipinski definition) is 5. The van der Waals surface area contributed by atoms with Crippen LogP contribution >= 0.6 is 0 Å². The molecule has 2 aromatic rings. The van der Waals surface area contributed by atoms with Crippen molar-refractivity contribution < 1.29 is 23.9 Å². The SMILES string of the molecule is CCOc1ccccc1NC(=O)Nc1ccc2c(c1)C(=O)N(CCCOC)C2=O. The monoisotopic (exact) mass is 397 g/mol. The molecule has 0 saturated carbocycles. The number of anilines is 2. The number of carbonyl (C=O) groups excluding carboxylic acids is 3. The first-order valence-electron chi connectivity index (χ1n) is 9.34. The molecule has 1 heterocycles.